The van der Waals surface area contributed by atoms with Crippen molar-refractivity contribution in [1.82, 2.24) is 15.1 Å². The summed E-state index contributed by atoms with van der Waals surface area (Å²) in [5.74, 6) is -0.689. The first-order chi connectivity index (χ1) is 15.4. The Kier molecular flexibility index (Phi) is 10.0. The summed E-state index contributed by atoms with van der Waals surface area (Å²) in [7, 11) is 0. The second kappa shape index (κ2) is 12.5. The van der Waals surface area contributed by atoms with Crippen LogP contribution in [0.2, 0.25) is 0 Å². The summed E-state index contributed by atoms with van der Waals surface area (Å²) in [6, 6.07) is 0.0449. The van der Waals surface area contributed by atoms with Crippen LogP contribution < -0.4 is 5.32 Å². The normalized spacial score (nSPS) is 26.3. The molecule has 2 amide bonds. The van der Waals surface area contributed by atoms with Crippen LogP contribution in [0.25, 0.3) is 0 Å². The number of carbonyl (C=O) groups excluding carboxylic acids is 2. The third-order valence-corrected chi connectivity index (χ3v) is 9.32. The molecule has 182 valence electrons. The fraction of sp³-hybridized carbons (Fsp3) is 0.870. The fourth-order valence-corrected chi connectivity index (χ4v) is 7.69. The van der Waals surface area contributed by atoms with Gasteiger partial charge in [-0.05, 0) is 32.6 Å². The minimum atomic E-state index is -0.927. The summed E-state index contributed by atoms with van der Waals surface area (Å²) in [6.07, 6.45) is 11.9. The number of aliphatic carboxylic acids is 1. The lowest BCUT2D eigenvalue weighted by Gasteiger charge is -2.47. The Morgan fingerprint density at radius 2 is 1.62 bits per heavy atom. The summed E-state index contributed by atoms with van der Waals surface area (Å²) < 4.78 is 0. The second-order valence-electron chi connectivity index (χ2n) is 9.32. The van der Waals surface area contributed by atoms with Gasteiger partial charge in [-0.3, -0.25) is 14.5 Å². The predicted molar refractivity (Wildman–Crippen MR) is 131 cm³/mol. The van der Waals surface area contributed by atoms with Gasteiger partial charge < -0.3 is 15.3 Å². The predicted octanol–water partition coefficient (Wildman–Crippen LogP) is 4.36. The van der Waals surface area contributed by atoms with Gasteiger partial charge in [0.15, 0.2) is 0 Å². The molecule has 1 saturated heterocycles. The summed E-state index contributed by atoms with van der Waals surface area (Å²) in [4.78, 5) is 41.8. The summed E-state index contributed by atoms with van der Waals surface area (Å²) in [6.45, 7) is 4.23. The van der Waals surface area contributed by atoms with E-state index in [9.17, 15) is 19.5 Å². The largest absolute Gasteiger partial charge is 0.480 e. The maximum Gasteiger partial charge on any atom is 0.327 e. The quantitative estimate of drug-likeness (QED) is 0.528. The van der Waals surface area contributed by atoms with E-state index in [1.807, 2.05) is 13.8 Å². The second-order valence-corrected chi connectivity index (χ2v) is 11.4. The number of carbonyl (C=O) groups is 3. The van der Waals surface area contributed by atoms with Crippen LogP contribution in [-0.4, -0.2) is 73.7 Å². The molecule has 9 heteroatoms. The molecular weight excluding hydrogens is 446 g/mol. The van der Waals surface area contributed by atoms with E-state index in [0.29, 0.717) is 30.1 Å². The Bertz CT molecular complexity index is 635. The molecule has 1 aliphatic heterocycles. The van der Waals surface area contributed by atoms with Crippen molar-refractivity contribution in [3.63, 3.8) is 0 Å². The fourth-order valence-electron chi connectivity index (χ4n) is 5.31. The number of rotatable bonds is 8. The Hall–Kier alpha value is -0.930. The Morgan fingerprint density at radius 3 is 2.12 bits per heavy atom. The molecule has 7 nitrogen and oxygen atoms in total. The molecule has 0 spiro atoms. The molecule has 2 saturated carbocycles. The van der Waals surface area contributed by atoms with E-state index < -0.39 is 17.9 Å². The van der Waals surface area contributed by atoms with Crippen LogP contribution in [0.4, 0.5) is 4.79 Å². The summed E-state index contributed by atoms with van der Waals surface area (Å²) in [5.41, 5.74) is -0.216. The molecule has 3 atom stereocenters. The van der Waals surface area contributed by atoms with Gasteiger partial charge in [0, 0.05) is 36.1 Å². The van der Waals surface area contributed by atoms with Crippen molar-refractivity contribution >= 4 is 40.6 Å². The number of carboxylic acid groups (broad SMARTS) is 1. The van der Waals surface area contributed by atoms with Crippen molar-refractivity contribution in [3.8, 4) is 0 Å². The van der Waals surface area contributed by atoms with Crippen LogP contribution in [-0.2, 0) is 9.59 Å². The average Bonchev–Trinajstić information content (AvgIpc) is 3.23. The highest BCUT2D eigenvalue weighted by Crippen LogP contribution is 2.41. The van der Waals surface area contributed by atoms with E-state index in [2.05, 4.69) is 10.2 Å². The maximum absolute atomic E-state index is 13.6. The van der Waals surface area contributed by atoms with Gasteiger partial charge in [-0.2, -0.15) is 0 Å². The molecule has 0 bridgehead atoms. The van der Waals surface area contributed by atoms with E-state index in [4.69, 9.17) is 0 Å². The molecule has 2 aliphatic carbocycles. The first-order valence-corrected chi connectivity index (χ1v) is 14.3. The molecular formula is C23H39N3O4S2. The number of hydrogen-bond donors (Lipinski definition) is 2. The van der Waals surface area contributed by atoms with E-state index >= 15 is 0 Å². The van der Waals surface area contributed by atoms with Crippen molar-refractivity contribution < 1.29 is 19.5 Å². The highest BCUT2D eigenvalue weighted by atomic mass is 32.2. The van der Waals surface area contributed by atoms with Gasteiger partial charge >= 0.3 is 5.97 Å². The van der Waals surface area contributed by atoms with E-state index in [1.165, 1.54) is 38.5 Å². The van der Waals surface area contributed by atoms with Gasteiger partial charge in [0.25, 0.3) is 5.24 Å². The third-order valence-electron chi connectivity index (χ3n) is 6.97. The molecule has 3 aliphatic rings. The standard InChI is InChI=1S/C23H39N3O4S2/c1-3-24-22(30)31-14-16(2)20(27)26-19(21(28)29)15-32-23(26)25(17-10-6-4-7-11-17)18-12-8-5-9-13-18/h16-19,23H,3-15H2,1-2H3,(H,24,30)(H,28,29)/t16?,19-,23?/m0/s1. The smallest absolute Gasteiger partial charge is 0.327 e. The van der Waals surface area contributed by atoms with Crippen LogP contribution in [0.1, 0.15) is 78.1 Å². The maximum atomic E-state index is 13.6. The molecule has 3 fully saturated rings. The first kappa shape index (κ1) is 25.7. The molecule has 1 heterocycles. The average molecular weight is 486 g/mol. The monoisotopic (exact) mass is 485 g/mol. The Labute approximate surface area is 200 Å². The van der Waals surface area contributed by atoms with Crippen molar-refractivity contribution in [2.24, 2.45) is 5.92 Å². The minimum Gasteiger partial charge on any atom is -0.480 e. The summed E-state index contributed by atoms with van der Waals surface area (Å²) >= 11 is 2.73. The van der Waals surface area contributed by atoms with Crippen LogP contribution in [0.15, 0.2) is 0 Å². The van der Waals surface area contributed by atoms with Crippen molar-refractivity contribution in [2.75, 3.05) is 18.1 Å². The number of nitrogens with zero attached hydrogens (tertiary/aromatic N) is 2. The molecule has 0 aromatic rings. The Balaban J connectivity index is 1.81. The van der Waals surface area contributed by atoms with Crippen LogP contribution in [0.3, 0.4) is 0 Å². The zero-order valence-electron chi connectivity index (χ0n) is 19.5. The SMILES string of the molecule is CCNC(=O)SCC(C)C(=O)N1C(N(C2CCCCC2)C2CCCCC2)SC[C@H]1C(=O)O. The molecule has 0 aromatic carbocycles. The number of amides is 2. The van der Waals surface area contributed by atoms with E-state index in [1.54, 1.807) is 16.7 Å². The third kappa shape index (κ3) is 6.35. The highest BCUT2D eigenvalue weighted by molar-refractivity contribution is 8.13. The van der Waals surface area contributed by atoms with Gasteiger partial charge in [0.05, 0.1) is 0 Å². The van der Waals surface area contributed by atoms with E-state index in [-0.39, 0.29) is 16.6 Å². The van der Waals surface area contributed by atoms with Gasteiger partial charge in [0.2, 0.25) is 5.91 Å². The van der Waals surface area contributed by atoms with Gasteiger partial charge in [-0.15, -0.1) is 11.8 Å². The van der Waals surface area contributed by atoms with Gasteiger partial charge in [-0.25, -0.2) is 4.79 Å². The lowest BCUT2D eigenvalue weighted by atomic mass is 9.89. The highest BCUT2D eigenvalue weighted by Gasteiger charge is 2.48. The first-order valence-electron chi connectivity index (χ1n) is 12.3. The van der Waals surface area contributed by atoms with Crippen LogP contribution in [0.5, 0.6) is 0 Å². The van der Waals surface area contributed by atoms with Crippen molar-refractivity contribution in [2.45, 2.75) is 102 Å². The lowest BCUT2D eigenvalue weighted by molar-refractivity contribution is -0.154. The number of hydrogen-bond acceptors (Lipinski definition) is 6. The van der Waals surface area contributed by atoms with Crippen molar-refractivity contribution in [3.05, 3.63) is 0 Å². The Morgan fingerprint density at radius 1 is 1.06 bits per heavy atom. The lowest BCUT2D eigenvalue weighted by Crippen LogP contribution is -2.59. The zero-order chi connectivity index (χ0) is 23.1. The molecule has 2 N–H and O–H groups in total. The number of nitrogens with one attached hydrogen (secondary N) is 1. The van der Waals surface area contributed by atoms with Crippen molar-refractivity contribution in [1.29, 1.82) is 0 Å². The number of carboxylic acids is 1. The van der Waals surface area contributed by atoms with Crippen LogP contribution in [0, 0.1) is 5.92 Å². The topological polar surface area (TPSA) is 90.0 Å². The molecule has 3 rings (SSSR count). The minimum absolute atomic E-state index is 0.138. The van der Waals surface area contributed by atoms with Gasteiger partial charge in [0.1, 0.15) is 11.5 Å². The zero-order valence-corrected chi connectivity index (χ0v) is 21.1. The molecule has 0 aromatic heterocycles. The number of thioether (sulfide) groups is 2. The molecule has 0 radical (unpaired) electrons. The van der Waals surface area contributed by atoms with Crippen LogP contribution >= 0.6 is 23.5 Å². The molecule has 32 heavy (non-hydrogen) atoms. The van der Waals surface area contributed by atoms with E-state index in [0.717, 1.165) is 37.4 Å². The molecule has 2 unspecified atom stereocenters. The summed E-state index contributed by atoms with van der Waals surface area (Å²) in [5, 5.41) is 12.5. The van der Waals surface area contributed by atoms with Gasteiger partial charge in [-0.1, -0.05) is 57.2 Å².